The first-order valence-electron chi connectivity index (χ1n) is 8.53. The van der Waals surface area contributed by atoms with E-state index < -0.39 is 32.6 Å². The summed E-state index contributed by atoms with van der Waals surface area (Å²) in [4.78, 5) is 13.4. The van der Waals surface area contributed by atoms with Gasteiger partial charge in [-0.25, -0.2) is 21.9 Å². The highest BCUT2D eigenvalue weighted by atomic mass is 32.2. The summed E-state index contributed by atoms with van der Waals surface area (Å²) in [5.41, 5.74) is 2.59. The molecule has 1 N–H and O–H groups in total. The van der Waals surface area contributed by atoms with Crippen molar-refractivity contribution >= 4 is 21.6 Å². The molecule has 2 aromatic carbocycles. The molecule has 1 amide bonds. The summed E-state index contributed by atoms with van der Waals surface area (Å²) in [5, 5.41) is 0. The first kappa shape index (κ1) is 19.4. The lowest BCUT2D eigenvalue weighted by Crippen LogP contribution is -2.50. The van der Waals surface area contributed by atoms with Crippen molar-refractivity contribution in [2.45, 2.75) is 37.6 Å². The molecule has 0 aliphatic carbocycles. The number of sulfonamides is 1. The van der Waals surface area contributed by atoms with E-state index in [2.05, 4.69) is 4.72 Å². The molecule has 144 valence electrons. The van der Waals surface area contributed by atoms with Gasteiger partial charge in [-0.3, -0.25) is 4.79 Å². The molecule has 1 atom stereocenters. The number of benzene rings is 2. The SMILES string of the molecule is Cc1cccc(C)c1N1C[C@@H](NS(=O)(=O)c2ccc(F)cc2F)CCC1=O. The smallest absolute Gasteiger partial charge is 0.243 e. The van der Waals surface area contributed by atoms with Gasteiger partial charge in [-0.1, -0.05) is 18.2 Å². The Morgan fingerprint density at radius 1 is 1.11 bits per heavy atom. The molecule has 0 bridgehead atoms. The van der Waals surface area contributed by atoms with Crippen LogP contribution in [0, 0.1) is 25.5 Å². The number of anilines is 1. The van der Waals surface area contributed by atoms with Crippen molar-refractivity contribution in [3.05, 3.63) is 59.2 Å². The minimum absolute atomic E-state index is 0.0872. The Bertz CT molecular complexity index is 972. The normalized spacial score (nSPS) is 18.0. The van der Waals surface area contributed by atoms with E-state index in [9.17, 15) is 22.0 Å². The summed E-state index contributed by atoms with van der Waals surface area (Å²) >= 11 is 0. The molecule has 0 saturated carbocycles. The van der Waals surface area contributed by atoms with Gasteiger partial charge in [0.05, 0.1) is 0 Å². The quantitative estimate of drug-likeness (QED) is 0.867. The third kappa shape index (κ3) is 4.01. The van der Waals surface area contributed by atoms with Gasteiger partial charge in [-0.15, -0.1) is 0 Å². The topological polar surface area (TPSA) is 66.5 Å². The largest absolute Gasteiger partial charge is 0.310 e. The summed E-state index contributed by atoms with van der Waals surface area (Å²) in [6.45, 7) is 3.92. The van der Waals surface area contributed by atoms with Crippen LogP contribution in [0.1, 0.15) is 24.0 Å². The molecular weight excluding hydrogens is 374 g/mol. The monoisotopic (exact) mass is 394 g/mol. The summed E-state index contributed by atoms with van der Waals surface area (Å²) < 4.78 is 54.4. The highest BCUT2D eigenvalue weighted by Gasteiger charge is 2.32. The minimum atomic E-state index is -4.18. The number of hydrogen-bond donors (Lipinski definition) is 1. The highest BCUT2D eigenvalue weighted by molar-refractivity contribution is 7.89. The molecule has 1 saturated heterocycles. The van der Waals surface area contributed by atoms with Gasteiger partial charge in [0, 0.05) is 30.8 Å². The highest BCUT2D eigenvalue weighted by Crippen LogP contribution is 2.28. The van der Waals surface area contributed by atoms with Crippen molar-refractivity contribution in [3.8, 4) is 0 Å². The zero-order valence-electron chi connectivity index (χ0n) is 15.0. The molecule has 1 fully saturated rings. The molecule has 27 heavy (non-hydrogen) atoms. The van der Waals surface area contributed by atoms with Crippen LogP contribution in [-0.2, 0) is 14.8 Å². The van der Waals surface area contributed by atoms with Crippen LogP contribution in [0.4, 0.5) is 14.5 Å². The molecule has 0 aromatic heterocycles. The van der Waals surface area contributed by atoms with E-state index in [1.54, 1.807) is 4.90 Å². The van der Waals surface area contributed by atoms with Gasteiger partial charge in [-0.2, -0.15) is 0 Å². The Labute approximate surface area is 157 Å². The fourth-order valence-electron chi connectivity index (χ4n) is 3.37. The second-order valence-corrected chi connectivity index (χ2v) is 8.36. The average molecular weight is 394 g/mol. The van der Waals surface area contributed by atoms with Crippen molar-refractivity contribution in [3.63, 3.8) is 0 Å². The standard InChI is InChI=1S/C19H20F2N2O3S/c1-12-4-3-5-13(2)19(12)23-11-15(7-9-18(23)24)22-27(25,26)17-8-6-14(20)10-16(17)21/h3-6,8,10,15,22H,7,9,11H2,1-2H3/t15-/m0/s1. The molecule has 0 radical (unpaired) electrons. The average Bonchev–Trinajstić information content (AvgIpc) is 2.56. The van der Waals surface area contributed by atoms with E-state index in [-0.39, 0.29) is 18.9 Å². The van der Waals surface area contributed by atoms with E-state index in [1.807, 2.05) is 32.0 Å². The van der Waals surface area contributed by atoms with Gasteiger partial charge in [0.15, 0.2) is 0 Å². The molecule has 1 heterocycles. The number of amides is 1. The molecule has 8 heteroatoms. The van der Waals surface area contributed by atoms with Crippen molar-refractivity contribution in [1.29, 1.82) is 0 Å². The predicted octanol–water partition coefficient (Wildman–Crippen LogP) is 3.06. The van der Waals surface area contributed by atoms with Gasteiger partial charge in [0.1, 0.15) is 16.5 Å². The number of nitrogens with zero attached hydrogens (tertiary/aromatic N) is 1. The zero-order valence-corrected chi connectivity index (χ0v) is 15.8. The van der Waals surface area contributed by atoms with Crippen LogP contribution in [0.2, 0.25) is 0 Å². The second-order valence-electron chi connectivity index (χ2n) is 6.68. The lowest BCUT2D eigenvalue weighted by molar-refractivity contribution is -0.119. The fraction of sp³-hybridized carbons (Fsp3) is 0.316. The van der Waals surface area contributed by atoms with Crippen molar-refractivity contribution in [2.24, 2.45) is 0 Å². The van der Waals surface area contributed by atoms with E-state index in [0.29, 0.717) is 12.5 Å². The van der Waals surface area contributed by atoms with Crippen LogP contribution in [0.5, 0.6) is 0 Å². The number of rotatable bonds is 4. The lowest BCUT2D eigenvalue weighted by atomic mass is 10.0. The lowest BCUT2D eigenvalue weighted by Gasteiger charge is -2.34. The van der Waals surface area contributed by atoms with Gasteiger partial charge >= 0.3 is 0 Å². The van der Waals surface area contributed by atoms with Crippen LogP contribution < -0.4 is 9.62 Å². The summed E-state index contributed by atoms with van der Waals surface area (Å²) in [6, 6.07) is 7.41. The van der Waals surface area contributed by atoms with E-state index in [1.165, 1.54) is 0 Å². The molecular formula is C19H20F2N2O3S. The van der Waals surface area contributed by atoms with E-state index in [4.69, 9.17) is 0 Å². The van der Waals surface area contributed by atoms with Gasteiger partial charge in [0.25, 0.3) is 0 Å². The van der Waals surface area contributed by atoms with Gasteiger partial charge in [-0.05, 0) is 43.5 Å². The summed E-state index contributed by atoms with van der Waals surface area (Å²) in [5.74, 6) is -2.09. The number of nitrogens with one attached hydrogen (secondary N) is 1. The Kier molecular flexibility index (Phi) is 5.30. The molecule has 3 rings (SSSR count). The van der Waals surface area contributed by atoms with Crippen LogP contribution in [0.3, 0.4) is 0 Å². The first-order chi connectivity index (χ1) is 12.7. The van der Waals surface area contributed by atoms with Crippen molar-refractivity contribution in [2.75, 3.05) is 11.4 Å². The van der Waals surface area contributed by atoms with Crippen LogP contribution in [0.15, 0.2) is 41.3 Å². The minimum Gasteiger partial charge on any atom is -0.310 e. The molecule has 0 spiro atoms. The van der Waals surface area contributed by atoms with Crippen molar-refractivity contribution < 1.29 is 22.0 Å². The number of para-hydroxylation sites is 1. The first-order valence-corrected chi connectivity index (χ1v) is 10.0. The number of carbonyl (C=O) groups excluding carboxylic acids is 1. The van der Waals surface area contributed by atoms with E-state index >= 15 is 0 Å². The molecule has 1 aliphatic rings. The van der Waals surface area contributed by atoms with E-state index in [0.717, 1.165) is 28.9 Å². The van der Waals surface area contributed by atoms with Crippen LogP contribution in [0.25, 0.3) is 0 Å². The number of piperidine rings is 1. The number of aryl methyl sites for hydroxylation is 2. The maximum Gasteiger partial charge on any atom is 0.243 e. The molecule has 1 aliphatic heterocycles. The Hall–Kier alpha value is -2.32. The third-order valence-corrected chi connectivity index (χ3v) is 6.18. The second kappa shape index (κ2) is 7.36. The maximum absolute atomic E-state index is 13.9. The van der Waals surface area contributed by atoms with Crippen LogP contribution >= 0.6 is 0 Å². The Morgan fingerprint density at radius 2 is 1.78 bits per heavy atom. The van der Waals surface area contributed by atoms with Crippen molar-refractivity contribution in [1.82, 2.24) is 4.72 Å². The molecule has 2 aromatic rings. The number of carbonyl (C=O) groups is 1. The fourth-order valence-corrected chi connectivity index (χ4v) is 4.69. The molecule has 5 nitrogen and oxygen atoms in total. The molecule has 0 unspecified atom stereocenters. The van der Waals surface area contributed by atoms with Gasteiger partial charge in [0.2, 0.25) is 15.9 Å². The zero-order chi connectivity index (χ0) is 19.8. The van der Waals surface area contributed by atoms with Crippen LogP contribution in [-0.4, -0.2) is 26.9 Å². The maximum atomic E-state index is 13.9. The number of hydrogen-bond acceptors (Lipinski definition) is 3. The predicted molar refractivity (Wildman–Crippen MR) is 98.0 cm³/mol. The summed E-state index contributed by atoms with van der Waals surface area (Å²) in [6.07, 6.45) is 0.481. The van der Waals surface area contributed by atoms with Gasteiger partial charge < -0.3 is 4.90 Å². The Balaban J connectivity index is 1.85. The Morgan fingerprint density at radius 3 is 2.41 bits per heavy atom. The third-order valence-electron chi connectivity index (χ3n) is 4.63. The number of halogens is 2. The summed E-state index contributed by atoms with van der Waals surface area (Å²) in [7, 11) is -4.18.